The van der Waals surface area contributed by atoms with Crippen molar-refractivity contribution in [1.82, 2.24) is 0 Å². The van der Waals surface area contributed by atoms with E-state index in [1.54, 1.807) is 72.8 Å². The number of nitrogens with one attached hydrogen (secondary N) is 1. The van der Waals surface area contributed by atoms with Gasteiger partial charge in [-0.25, -0.2) is 0 Å². The maximum Gasteiger partial charge on any atom is 0.255 e. The smallest absolute Gasteiger partial charge is 0.255 e. The Balaban J connectivity index is 1.27. The number of nitrogens with zero attached hydrogens (tertiary/aromatic N) is 1. The molecular formula is C28H23ClN2O4. The fourth-order valence-electron chi connectivity index (χ4n) is 4.53. The summed E-state index contributed by atoms with van der Waals surface area (Å²) < 4.78 is 5.77. The number of anilines is 2. The monoisotopic (exact) mass is 486 g/mol. The van der Waals surface area contributed by atoms with Gasteiger partial charge in [-0.3, -0.25) is 19.3 Å². The van der Waals surface area contributed by atoms with Crippen molar-refractivity contribution in [2.75, 3.05) is 10.2 Å². The summed E-state index contributed by atoms with van der Waals surface area (Å²) in [7, 11) is 0. The second-order valence-electron chi connectivity index (χ2n) is 8.80. The molecular weight excluding hydrogens is 464 g/mol. The molecule has 5 rings (SSSR count). The quantitative estimate of drug-likeness (QED) is 0.342. The molecule has 0 spiro atoms. The first-order chi connectivity index (χ1) is 16.9. The number of halogens is 1. The van der Waals surface area contributed by atoms with Crippen LogP contribution in [-0.4, -0.2) is 17.7 Å². The highest BCUT2D eigenvalue weighted by atomic mass is 35.5. The Bertz CT molecular complexity index is 1330. The Morgan fingerprint density at radius 1 is 0.943 bits per heavy atom. The van der Waals surface area contributed by atoms with Gasteiger partial charge in [-0.05, 0) is 86.5 Å². The molecule has 1 fully saturated rings. The van der Waals surface area contributed by atoms with Crippen LogP contribution in [0.5, 0.6) is 11.5 Å². The molecule has 1 heterocycles. The Morgan fingerprint density at radius 3 is 2.31 bits per heavy atom. The van der Waals surface area contributed by atoms with Crippen LogP contribution in [0.3, 0.4) is 0 Å². The molecule has 1 saturated heterocycles. The summed E-state index contributed by atoms with van der Waals surface area (Å²) in [4.78, 5) is 40.1. The third kappa shape index (κ3) is 4.70. The third-order valence-corrected chi connectivity index (χ3v) is 6.60. The minimum atomic E-state index is -0.341. The van der Waals surface area contributed by atoms with E-state index in [2.05, 4.69) is 5.32 Å². The van der Waals surface area contributed by atoms with Crippen molar-refractivity contribution in [3.63, 3.8) is 0 Å². The summed E-state index contributed by atoms with van der Waals surface area (Å²) in [5.41, 5.74) is 2.50. The van der Waals surface area contributed by atoms with Gasteiger partial charge >= 0.3 is 0 Å². The molecule has 0 unspecified atom stereocenters. The number of ether oxygens (including phenoxy) is 1. The van der Waals surface area contributed by atoms with Gasteiger partial charge in [0.15, 0.2) is 0 Å². The predicted octanol–water partition coefficient (Wildman–Crippen LogP) is 6.23. The predicted molar refractivity (Wildman–Crippen MR) is 135 cm³/mol. The Hall–Kier alpha value is -3.90. The summed E-state index contributed by atoms with van der Waals surface area (Å²) >= 11 is 5.90. The molecule has 3 amide bonds. The van der Waals surface area contributed by atoms with Crippen molar-refractivity contribution in [2.45, 2.75) is 19.8 Å². The first kappa shape index (κ1) is 22.9. The number of carbonyl (C=O) groups is 3. The van der Waals surface area contributed by atoms with Gasteiger partial charge in [-0.15, -0.1) is 0 Å². The number of amides is 3. The van der Waals surface area contributed by atoms with Crippen molar-refractivity contribution >= 4 is 40.7 Å². The molecule has 2 atom stereocenters. The maximum absolute atomic E-state index is 13.0. The van der Waals surface area contributed by atoms with Crippen molar-refractivity contribution in [2.24, 2.45) is 11.8 Å². The third-order valence-electron chi connectivity index (χ3n) is 6.35. The maximum atomic E-state index is 13.0. The molecule has 6 nitrogen and oxygen atoms in total. The van der Waals surface area contributed by atoms with Crippen molar-refractivity contribution < 1.29 is 19.1 Å². The lowest BCUT2D eigenvalue weighted by Crippen LogP contribution is -2.31. The second-order valence-corrected chi connectivity index (χ2v) is 9.24. The van der Waals surface area contributed by atoms with E-state index >= 15 is 0 Å². The van der Waals surface area contributed by atoms with Crippen LogP contribution in [0.2, 0.25) is 5.02 Å². The lowest BCUT2D eigenvalue weighted by molar-refractivity contribution is -0.122. The van der Waals surface area contributed by atoms with Crippen LogP contribution in [0, 0.1) is 11.8 Å². The van der Waals surface area contributed by atoms with Gasteiger partial charge < -0.3 is 10.1 Å². The number of hydrogen-bond acceptors (Lipinski definition) is 4. The Morgan fingerprint density at radius 2 is 1.60 bits per heavy atom. The summed E-state index contributed by atoms with van der Waals surface area (Å²) in [5, 5.41) is 3.47. The van der Waals surface area contributed by atoms with E-state index in [0.717, 1.165) is 5.57 Å². The minimum absolute atomic E-state index is 0.193. The first-order valence-electron chi connectivity index (χ1n) is 11.4. The van der Waals surface area contributed by atoms with Crippen molar-refractivity contribution in [3.8, 4) is 11.5 Å². The molecule has 35 heavy (non-hydrogen) atoms. The normalized spacial score (nSPS) is 19.3. The van der Waals surface area contributed by atoms with Crippen LogP contribution in [0.1, 0.15) is 30.1 Å². The average molecular weight is 487 g/mol. The zero-order valence-electron chi connectivity index (χ0n) is 19.0. The van der Waals surface area contributed by atoms with Gasteiger partial charge in [0.1, 0.15) is 11.5 Å². The summed E-state index contributed by atoms with van der Waals surface area (Å²) in [6, 6.07) is 20.6. The number of fused-ring (bicyclic) bond motifs is 1. The number of hydrogen-bond donors (Lipinski definition) is 1. The van der Waals surface area contributed by atoms with E-state index in [-0.39, 0.29) is 29.6 Å². The highest BCUT2D eigenvalue weighted by Gasteiger charge is 2.48. The zero-order valence-corrected chi connectivity index (χ0v) is 19.8. The van der Waals surface area contributed by atoms with E-state index in [1.807, 2.05) is 13.0 Å². The van der Waals surface area contributed by atoms with Gasteiger partial charge in [0, 0.05) is 16.3 Å². The fraction of sp³-hybridized carbons (Fsp3) is 0.179. The highest BCUT2D eigenvalue weighted by Crippen LogP contribution is 2.39. The van der Waals surface area contributed by atoms with E-state index in [9.17, 15) is 14.4 Å². The number of rotatable bonds is 5. The number of allylic oxidation sites excluding steroid dienone is 2. The zero-order chi connectivity index (χ0) is 24.5. The van der Waals surface area contributed by atoms with Crippen LogP contribution in [-0.2, 0) is 9.59 Å². The lowest BCUT2D eigenvalue weighted by Gasteiger charge is -2.18. The fourth-order valence-corrected chi connectivity index (χ4v) is 4.65. The lowest BCUT2D eigenvalue weighted by atomic mass is 9.82. The molecule has 3 aromatic rings. The standard InChI is InChI=1S/C28H23ClN2O4/c1-17-5-14-24-25(15-17)28(34)31(27(24)33)21-4-2-3-18(16-21)26(32)30-20-8-12-23(13-9-20)35-22-10-6-19(29)7-11-22/h2-13,16,24-25H,14-15H2,1H3,(H,30,32)/t24-,25+/m0/s1. The first-order valence-corrected chi connectivity index (χ1v) is 11.8. The van der Waals surface area contributed by atoms with E-state index in [4.69, 9.17) is 16.3 Å². The number of benzene rings is 3. The SMILES string of the molecule is CC1=CC[C@@H]2C(=O)N(c3cccc(C(=O)Nc4ccc(Oc5ccc(Cl)cc5)cc4)c3)C(=O)[C@@H]2C1. The van der Waals surface area contributed by atoms with Gasteiger partial charge in [-0.2, -0.15) is 0 Å². The molecule has 0 bridgehead atoms. The van der Waals surface area contributed by atoms with Crippen molar-refractivity contribution in [3.05, 3.63) is 95.0 Å². The van der Waals surface area contributed by atoms with Crippen molar-refractivity contribution in [1.29, 1.82) is 0 Å². The minimum Gasteiger partial charge on any atom is -0.457 e. The van der Waals surface area contributed by atoms with Crippen LogP contribution in [0.25, 0.3) is 0 Å². The summed E-state index contributed by atoms with van der Waals surface area (Å²) in [5.74, 6) is -0.105. The second kappa shape index (κ2) is 9.39. The Labute approximate surface area is 208 Å². The van der Waals surface area contributed by atoms with Gasteiger partial charge in [-0.1, -0.05) is 29.3 Å². The average Bonchev–Trinajstić information content (AvgIpc) is 3.11. The molecule has 0 radical (unpaired) electrons. The highest BCUT2D eigenvalue weighted by molar-refractivity contribution is 6.30. The van der Waals surface area contributed by atoms with E-state index in [0.29, 0.717) is 46.3 Å². The Kier molecular flexibility index (Phi) is 6.14. The van der Waals surface area contributed by atoms with Gasteiger partial charge in [0.2, 0.25) is 11.8 Å². The molecule has 176 valence electrons. The molecule has 1 aliphatic heterocycles. The summed E-state index contributed by atoms with van der Waals surface area (Å²) in [6.45, 7) is 1.98. The van der Waals surface area contributed by atoms with E-state index < -0.39 is 0 Å². The van der Waals surface area contributed by atoms with Gasteiger partial charge in [0.25, 0.3) is 5.91 Å². The molecule has 1 aliphatic carbocycles. The molecule has 3 aromatic carbocycles. The molecule has 2 aliphatic rings. The van der Waals surface area contributed by atoms with Crippen LogP contribution < -0.4 is 15.0 Å². The molecule has 1 N–H and O–H groups in total. The van der Waals surface area contributed by atoms with Gasteiger partial charge in [0.05, 0.1) is 17.5 Å². The molecule has 0 saturated carbocycles. The number of carbonyl (C=O) groups excluding carboxylic acids is 3. The largest absolute Gasteiger partial charge is 0.457 e. The number of imide groups is 1. The molecule has 0 aromatic heterocycles. The van der Waals surface area contributed by atoms with E-state index in [1.165, 1.54) is 4.90 Å². The topological polar surface area (TPSA) is 75.7 Å². The van der Waals surface area contributed by atoms with Crippen LogP contribution in [0.15, 0.2) is 84.4 Å². The molecule has 7 heteroatoms. The van der Waals surface area contributed by atoms with Crippen LogP contribution >= 0.6 is 11.6 Å². The summed E-state index contributed by atoms with van der Waals surface area (Å²) in [6.07, 6.45) is 3.21. The van der Waals surface area contributed by atoms with Crippen LogP contribution in [0.4, 0.5) is 11.4 Å².